The molecule has 0 radical (unpaired) electrons. The maximum absolute atomic E-state index is 12.1. The minimum Gasteiger partial charge on any atom is -0.481 e. The molecular weight excluding hydrogens is 232 g/mol. The Kier molecular flexibility index (Phi) is 4.22. The number of amides is 1. The van der Waals surface area contributed by atoms with Gasteiger partial charge in [0.1, 0.15) is 0 Å². The van der Waals surface area contributed by atoms with E-state index in [1.165, 1.54) is 6.42 Å². The normalized spacial score (nSPS) is 26.5. The third kappa shape index (κ3) is 3.22. The Morgan fingerprint density at radius 2 is 1.83 bits per heavy atom. The molecule has 1 atom stereocenters. The molecular formula is C13H22N2O3. The number of rotatable bonds is 3. The standard InChI is InChI=1S/C13H22N2O3/c1-10-2-5-14(8-10)9-12(16)15-6-3-11(4-7-15)13(17)18/h10-11H,2-9H2,1H3,(H,17,18). The number of carbonyl (C=O) groups is 2. The second kappa shape index (κ2) is 5.69. The van der Waals surface area contributed by atoms with Crippen LogP contribution in [-0.4, -0.2) is 59.5 Å². The summed E-state index contributed by atoms with van der Waals surface area (Å²) < 4.78 is 0. The summed E-state index contributed by atoms with van der Waals surface area (Å²) in [5.41, 5.74) is 0. The maximum Gasteiger partial charge on any atom is 0.306 e. The number of carbonyl (C=O) groups excluding carboxylic acids is 1. The summed E-state index contributed by atoms with van der Waals surface area (Å²) in [5.74, 6) is -0.139. The fourth-order valence-corrected chi connectivity index (χ4v) is 2.84. The van der Waals surface area contributed by atoms with Crippen molar-refractivity contribution in [3.63, 3.8) is 0 Å². The van der Waals surface area contributed by atoms with Crippen molar-refractivity contribution in [3.8, 4) is 0 Å². The fourth-order valence-electron chi connectivity index (χ4n) is 2.84. The minimum atomic E-state index is -0.726. The lowest BCUT2D eigenvalue weighted by molar-refractivity contribution is -0.145. The predicted octanol–water partition coefficient (Wildman–Crippen LogP) is 0.651. The van der Waals surface area contributed by atoms with Crippen molar-refractivity contribution in [2.45, 2.75) is 26.2 Å². The highest BCUT2D eigenvalue weighted by atomic mass is 16.4. The van der Waals surface area contributed by atoms with Gasteiger partial charge in [0.2, 0.25) is 5.91 Å². The van der Waals surface area contributed by atoms with Gasteiger partial charge in [0.15, 0.2) is 0 Å². The third-order valence-corrected chi connectivity index (χ3v) is 4.06. The van der Waals surface area contributed by atoms with E-state index in [0.29, 0.717) is 38.4 Å². The molecule has 18 heavy (non-hydrogen) atoms. The van der Waals surface area contributed by atoms with E-state index in [4.69, 9.17) is 5.11 Å². The van der Waals surface area contributed by atoms with Gasteiger partial charge in [0, 0.05) is 19.6 Å². The van der Waals surface area contributed by atoms with Gasteiger partial charge in [-0.25, -0.2) is 0 Å². The van der Waals surface area contributed by atoms with E-state index in [2.05, 4.69) is 11.8 Å². The summed E-state index contributed by atoms with van der Waals surface area (Å²) in [6, 6.07) is 0. The Bertz CT molecular complexity index is 324. The van der Waals surface area contributed by atoms with Crippen molar-refractivity contribution in [1.29, 1.82) is 0 Å². The van der Waals surface area contributed by atoms with Crippen molar-refractivity contribution in [3.05, 3.63) is 0 Å². The van der Waals surface area contributed by atoms with Crippen molar-refractivity contribution >= 4 is 11.9 Å². The van der Waals surface area contributed by atoms with Crippen LogP contribution in [0.5, 0.6) is 0 Å². The molecule has 0 aromatic rings. The molecule has 5 nitrogen and oxygen atoms in total. The first-order valence-electron chi connectivity index (χ1n) is 6.79. The van der Waals surface area contributed by atoms with Gasteiger partial charge in [0.25, 0.3) is 0 Å². The SMILES string of the molecule is CC1CCN(CC(=O)N2CCC(C(=O)O)CC2)C1. The first kappa shape index (κ1) is 13.3. The number of aliphatic carboxylic acids is 1. The lowest BCUT2D eigenvalue weighted by Crippen LogP contribution is -2.44. The number of piperidine rings is 1. The molecule has 0 spiro atoms. The number of hydrogen-bond donors (Lipinski definition) is 1. The van der Waals surface area contributed by atoms with E-state index in [-0.39, 0.29) is 11.8 Å². The number of hydrogen-bond acceptors (Lipinski definition) is 3. The van der Waals surface area contributed by atoms with Gasteiger partial charge < -0.3 is 10.0 Å². The number of carboxylic acids is 1. The van der Waals surface area contributed by atoms with E-state index in [1.54, 1.807) is 0 Å². The maximum atomic E-state index is 12.1. The first-order chi connectivity index (χ1) is 8.56. The molecule has 0 saturated carbocycles. The van der Waals surface area contributed by atoms with Crippen LogP contribution >= 0.6 is 0 Å². The average Bonchev–Trinajstić information content (AvgIpc) is 2.75. The topological polar surface area (TPSA) is 60.9 Å². The molecule has 2 aliphatic heterocycles. The second-order valence-corrected chi connectivity index (χ2v) is 5.62. The smallest absolute Gasteiger partial charge is 0.306 e. The van der Waals surface area contributed by atoms with E-state index >= 15 is 0 Å². The highest BCUT2D eigenvalue weighted by molar-refractivity contribution is 5.79. The zero-order valence-corrected chi connectivity index (χ0v) is 11.0. The second-order valence-electron chi connectivity index (χ2n) is 5.62. The van der Waals surface area contributed by atoms with Crippen LogP contribution in [0.2, 0.25) is 0 Å². The molecule has 5 heteroatoms. The Morgan fingerprint density at radius 3 is 2.33 bits per heavy atom. The molecule has 0 aromatic carbocycles. The van der Waals surface area contributed by atoms with Gasteiger partial charge >= 0.3 is 5.97 Å². The van der Waals surface area contributed by atoms with Crippen molar-refractivity contribution < 1.29 is 14.7 Å². The molecule has 1 N–H and O–H groups in total. The summed E-state index contributed by atoms with van der Waals surface area (Å²) in [6.45, 7) is 5.93. The zero-order chi connectivity index (χ0) is 13.1. The molecule has 2 saturated heterocycles. The van der Waals surface area contributed by atoms with Crippen LogP contribution in [0.15, 0.2) is 0 Å². The van der Waals surface area contributed by atoms with Gasteiger partial charge in [-0.15, -0.1) is 0 Å². The highest BCUT2D eigenvalue weighted by Crippen LogP contribution is 2.19. The molecule has 2 rings (SSSR count). The van der Waals surface area contributed by atoms with E-state index in [1.807, 2.05) is 4.90 Å². The molecule has 1 unspecified atom stereocenters. The Labute approximate surface area is 108 Å². The zero-order valence-electron chi connectivity index (χ0n) is 11.0. The molecule has 1 amide bonds. The van der Waals surface area contributed by atoms with Crippen LogP contribution < -0.4 is 0 Å². The molecule has 2 aliphatic rings. The fraction of sp³-hybridized carbons (Fsp3) is 0.846. The highest BCUT2D eigenvalue weighted by Gasteiger charge is 2.28. The summed E-state index contributed by atoms with van der Waals surface area (Å²) in [5, 5.41) is 8.91. The van der Waals surface area contributed by atoms with Gasteiger partial charge in [-0.2, -0.15) is 0 Å². The van der Waals surface area contributed by atoms with Crippen LogP contribution in [0, 0.1) is 11.8 Å². The van der Waals surface area contributed by atoms with Gasteiger partial charge in [-0.3, -0.25) is 14.5 Å². The molecule has 2 fully saturated rings. The van der Waals surface area contributed by atoms with Gasteiger partial charge in [0.05, 0.1) is 12.5 Å². The van der Waals surface area contributed by atoms with Gasteiger partial charge in [-0.05, 0) is 31.7 Å². The van der Waals surface area contributed by atoms with Crippen LogP contribution in [0.1, 0.15) is 26.2 Å². The van der Waals surface area contributed by atoms with Crippen LogP contribution in [0.25, 0.3) is 0 Å². The Morgan fingerprint density at radius 1 is 1.17 bits per heavy atom. The van der Waals surface area contributed by atoms with Gasteiger partial charge in [-0.1, -0.05) is 6.92 Å². The summed E-state index contributed by atoms with van der Waals surface area (Å²) in [7, 11) is 0. The largest absolute Gasteiger partial charge is 0.481 e. The van der Waals surface area contributed by atoms with Crippen molar-refractivity contribution in [1.82, 2.24) is 9.80 Å². The minimum absolute atomic E-state index is 0.160. The lowest BCUT2D eigenvalue weighted by atomic mass is 9.97. The molecule has 0 aliphatic carbocycles. The average molecular weight is 254 g/mol. The van der Waals surface area contributed by atoms with E-state index in [0.717, 1.165) is 13.1 Å². The van der Waals surface area contributed by atoms with Crippen LogP contribution in [-0.2, 0) is 9.59 Å². The van der Waals surface area contributed by atoms with E-state index < -0.39 is 5.97 Å². The van der Waals surface area contributed by atoms with Crippen LogP contribution in [0.4, 0.5) is 0 Å². The molecule has 2 heterocycles. The monoisotopic (exact) mass is 254 g/mol. The predicted molar refractivity (Wildman–Crippen MR) is 67.2 cm³/mol. The summed E-state index contributed by atoms with van der Waals surface area (Å²) in [6.07, 6.45) is 2.36. The molecule has 0 aromatic heterocycles. The molecule has 0 bridgehead atoms. The number of nitrogens with zero attached hydrogens (tertiary/aromatic N) is 2. The van der Waals surface area contributed by atoms with Crippen molar-refractivity contribution in [2.24, 2.45) is 11.8 Å². The Balaban J connectivity index is 1.75. The quantitative estimate of drug-likeness (QED) is 0.803. The first-order valence-corrected chi connectivity index (χ1v) is 6.79. The molecule has 102 valence electrons. The van der Waals surface area contributed by atoms with Crippen LogP contribution in [0.3, 0.4) is 0 Å². The van der Waals surface area contributed by atoms with E-state index in [9.17, 15) is 9.59 Å². The van der Waals surface area contributed by atoms with Crippen molar-refractivity contribution in [2.75, 3.05) is 32.7 Å². The summed E-state index contributed by atoms with van der Waals surface area (Å²) >= 11 is 0. The lowest BCUT2D eigenvalue weighted by Gasteiger charge is -2.31. The number of carboxylic acid groups (broad SMARTS) is 1. The summed E-state index contributed by atoms with van der Waals surface area (Å²) in [4.78, 5) is 26.9. The third-order valence-electron chi connectivity index (χ3n) is 4.06. The number of likely N-dealkylation sites (tertiary alicyclic amines) is 2. The Hall–Kier alpha value is -1.10.